The lowest BCUT2D eigenvalue weighted by Gasteiger charge is -2.68. The van der Waals surface area contributed by atoms with E-state index in [4.69, 9.17) is 21.1 Å². The average molecular weight is 949 g/mol. The quantitative estimate of drug-likeness (QED) is 0.149. The van der Waals surface area contributed by atoms with Gasteiger partial charge in [-0.05, 0) is 160 Å². The molecule has 6 aliphatic carbocycles. The fourth-order valence-corrected chi connectivity index (χ4v) is 15.7. The van der Waals surface area contributed by atoms with E-state index < -0.39 is 40.2 Å². The molecule has 1 spiro atoms. The molecule has 8 rings (SSSR count). The van der Waals surface area contributed by atoms with Gasteiger partial charge < -0.3 is 30.3 Å². The Balaban J connectivity index is 0.983. The van der Waals surface area contributed by atoms with Crippen molar-refractivity contribution < 1.29 is 43.7 Å². The van der Waals surface area contributed by atoms with Gasteiger partial charge in [0.25, 0.3) is 5.91 Å². The number of allylic oxidation sites excluding steroid dienone is 1. The van der Waals surface area contributed by atoms with Gasteiger partial charge in [-0.25, -0.2) is 0 Å². The molecule has 67 heavy (non-hydrogen) atoms. The summed E-state index contributed by atoms with van der Waals surface area (Å²) in [5.41, 5.74) is -0.862. The SMILES string of the molecule is CC(C)C1=C2C3CCC4[C@H](C)C5(CCC[C@H](OC(=O)[C@H]6CC(C(=O)O)C6(C)C)C5(C)C)CC[C@@]4(C)C3CC[C@@]2(NC(=O)C(C)(C)NC(=O)c2ccc(Cl)cc2OCCN2CCC(O)C2)CC1=O. The Labute approximate surface area is 403 Å². The fourth-order valence-electron chi connectivity index (χ4n) is 15.6. The first-order valence-electron chi connectivity index (χ1n) is 25.5. The van der Waals surface area contributed by atoms with Crippen molar-refractivity contribution in [1.82, 2.24) is 15.5 Å². The number of nitrogens with one attached hydrogen (secondary N) is 2. The van der Waals surface area contributed by atoms with Crippen molar-refractivity contribution in [3.8, 4) is 5.75 Å². The molecule has 7 aliphatic rings. The zero-order valence-corrected chi connectivity index (χ0v) is 42.6. The van der Waals surface area contributed by atoms with Crippen LogP contribution in [-0.4, -0.2) is 94.2 Å². The third-order valence-electron chi connectivity index (χ3n) is 19.7. The number of fused-ring (bicyclic) bond motifs is 5. The largest absolute Gasteiger partial charge is 0.491 e. The number of esters is 1. The second-order valence-corrected chi connectivity index (χ2v) is 24.8. The van der Waals surface area contributed by atoms with Crippen LogP contribution in [0.2, 0.25) is 5.02 Å². The molecular weight excluding hydrogens is 870 g/mol. The van der Waals surface area contributed by atoms with Gasteiger partial charge in [0, 0.05) is 36.5 Å². The van der Waals surface area contributed by atoms with Crippen molar-refractivity contribution in [3.63, 3.8) is 0 Å². The van der Waals surface area contributed by atoms with Gasteiger partial charge in [-0.15, -0.1) is 0 Å². The number of nitrogens with zero attached hydrogens (tertiary/aromatic N) is 1. The molecule has 4 N–H and O–H groups in total. The van der Waals surface area contributed by atoms with Gasteiger partial charge in [-0.3, -0.25) is 28.9 Å². The van der Waals surface area contributed by atoms with Crippen molar-refractivity contribution >= 4 is 41.1 Å². The number of carboxylic acids is 1. The molecule has 13 heteroatoms. The minimum atomic E-state index is -1.34. The molecule has 11 atom stereocenters. The van der Waals surface area contributed by atoms with Crippen LogP contribution in [0.1, 0.15) is 157 Å². The van der Waals surface area contributed by atoms with Crippen molar-refractivity contribution in [2.45, 2.75) is 170 Å². The summed E-state index contributed by atoms with van der Waals surface area (Å²) >= 11 is 6.36. The Kier molecular flexibility index (Phi) is 13.2. The van der Waals surface area contributed by atoms with Crippen LogP contribution >= 0.6 is 11.6 Å². The van der Waals surface area contributed by atoms with Crippen molar-refractivity contribution in [1.29, 1.82) is 0 Å². The van der Waals surface area contributed by atoms with Crippen molar-refractivity contribution in [2.75, 3.05) is 26.2 Å². The first-order valence-corrected chi connectivity index (χ1v) is 25.9. The number of benzene rings is 1. The van der Waals surface area contributed by atoms with Gasteiger partial charge in [0.05, 0.1) is 29.0 Å². The highest BCUT2D eigenvalue weighted by Crippen LogP contribution is 2.72. The van der Waals surface area contributed by atoms with E-state index in [-0.39, 0.29) is 69.9 Å². The third kappa shape index (κ3) is 8.36. The lowest BCUT2D eigenvalue weighted by Crippen LogP contribution is -2.65. The maximum Gasteiger partial charge on any atom is 0.309 e. The van der Waals surface area contributed by atoms with E-state index in [1.54, 1.807) is 32.0 Å². The predicted molar refractivity (Wildman–Crippen MR) is 256 cm³/mol. The number of carbonyl (C=O) groups excluding carboxylic acids is 4. The van der Waals surface area contributed by atoms with Crippen molar-refractivity contribution in [2.24, 2.45) is 63.1 Å². The highest BCUT2D eigenvalue weighted by atomic mass is 35.5. The molecule has 6 fully saturated rings. The van der Waals surface area contributed by atoms with E-state index in [1.807, 2.05) is 13.8 Å². The van der Waals surface area contributed by atoms with Gasteiger partial charge in [0.1, 0.15) is 24.0 Å². The normalized spacial score (nSPS) is 36.7. The topological polar surface area (TPSA) is 172 Å². The Bertz CT molecular complexity index is 2200. The van der Waals surface area contributed by atoms with Crippen LogP contribution in [0.5, 0.6) is 5.75 Å². The summed E-state index contributed by atoms with van der Waals surface area (Å²) in [5, 5.41) is 26.5. The number of ketones is 1. The summed E-state index contributed by atoms with van der Waals surface area (Å²) in [7, 11) is 0. The van der Waals surface area contributed by atoms with Crippen LogP contribution in [0.15, 0.2) is 29.3 Å². The molecule has 1 heterocycles. The van der Waals surface area contributed by atoms with Crippen LogP contribution in [0, 0.1) is 63.1 Å². The fraction of sp³-hybridized carbons (Fsp3) is 0.759. The number of ether oxygens (including phenoxy) is 2. The lowest BCUT2D eigenvalue weighted by molar-refractivity contribution is -0.218. The Morgan fingerprint density at radius 2 is 1.69 bits per heavy atom. The van der Waals surface area contributed by atoms with Gasteiger partial charge in [0.2, 0.25) is 5.91 Å². The summed E-state index contributed by atoms with van der Waals surface area (Å²) in [4.78, 5) is 70.7. The predicted octanol–water partition coefficient (Wildman–Crippen LogP) is 8.80. The maximum absolute atomic E-state index is 14.7. The molecular formula is C54H78ClN3O9. The molecule has 5 saturated carbocycles. The van der Waals surface area contributed by atoms with E-state index in [0.717, 1.165) is 75.5 Å². The highest BCUT2D eigenvalue weighted by molar-refractivity contribution is 6.30. The summed E-state index contributed by atoms with van der Waals surface area (Å²) in [6.45, 7) is 23.2. The summed E-state index contributed by atoms with van der Waals surface area (Å²) < 4.78 is 12.6. The number of β-amino-alcohol motifs (C(OH)–C–C–N with tert-alkyl or cyclic N) is 1. The summed E-state index contributed by atoms with van der Waals surface area (Å²) in [5.74, 6) is -1.17. The molecule has 370 valence electrons. The van der Waals surface area contributed by atoms with Crippen LogP contribution in [-0.2, 0) is 23.9 Å². The number of rotatable bonds is 12. The molecule has 0 radical (unpaired) electrons. The molecule has 0 bridgehead atoms. The monoisotopic (exact) mass is 948 g/mol. The van der Waals surface area contributed by atoms with E-state index in [9.17, 15) is 34.2 Å². The minimum Gasteiger partial charge on any atom is -0.491 e. The van der Waals surface area contributed by atoms with Gasteiger partial charge in [0.15, 0.2) is 5.78 Å². The van der Waals surface area contributed by atoms with Gasteiger partial charge in [-0.2, -0.15) is 0 Å². The number of likely N-dealkylation sites (tertiary alicyclic amines) is 1. The molecule has 2 amide bonds. The molecule has 0 aromatic heterocycles. The zero-order valence-electron chi connectivity index (χ0n) is 41.8. The number of amides is 2. The number of carboxylic acid groups (broad SMARTS) is 1. The summed E-state index contributed by atoms with van der Waals surface area (Å²) in [6.07, 6.45) is 9.10. The smallest absolute Gasteiger partial charge is 0.309 e. The second kappa shape index (κ2) is 17.7. The minimum absolute atomic E-state index is 0.00566. The van der Waals surface area contributed by atoms with Crippen LogP contribution in [0.25, 0.3) is 0 Å². The molecule has 1 aromatic carbocycles. The Morgan fingerprint density at radius 3 is 2.34 bits per heavy atom. The Hall–Kier alpha value is -3.48. The summed E-state index contributed by atoms with van der Waals surface area (Å²) in [6, 6.07) is 4.84. The van der Waals surface area contributed by atoms with Gasteiger partial charge >= 0.3 is 11.9 Å². The number of aliphatic hydroxyl groups excluding tert-OH is 1. The zero-order chi connectivity index (χ0) is 48.8. The van der Waals surface area contributed by atoms with Crippen LogP contribution in [0.4, 0.5) is 0 Å². The maximum atomic E-state index is 14.7. The van der Waals surface area contributed by atoms with Gasteiger partial charge in [-0.1, -0.05) is 67.0 Å². The number of Topliss-reactive ketones (excluding diaryl/α,β-unsaturated/α-hetero) is 1. The standard InChI is InChI=1S/C54H78ClN3O9/c1-30(2)43-40(60)28-54(57-48(65)51(8,9)56-45(61)35-14-13-32(55)26-41(35)66-25-24-58-23-18-33(59)29-58)20-17-37-34(44(43)54)15-16-36-31(3)53(22-21-52(36,37)10)19-11-12-42(50(53,6)7)67-47(64)39-27-38(46(62)63)49(39,4)5/h13-14,26,30-31,33-34,36-39,42,59H,11-12,15-25,27-29H2,1-10H3,(H,56,61)(H,57,65)(H,62,63)/t31-,33?,34?,36?,37?,38?,39+,42-,52+,53?,54+/m0/s1. The van der Waals surface area contributed by atoms with E-state index in [1.165, 1.54) is 0 Å². The van der Waals surface area contributed by atoms with E-state index >= 15 is 0 Å². The highest BCUT2D eigenvalue weighted by Gasteiger charge is 2.67. The first kappa shape index (κ1) is 49.9. The number of carbonyl (C=O) groups is 5. The number of aliphatic carboxylic acids is 1. The number of hydrogen-bond acceptors (Lipinski definition) is 9. The molecule has 1 aromatic rings. The second-order valence-electron chi connectivity index (χ2n) is 24.4. The van der Waals surface area contributed by atoms with Crippen LogP contribution < -0.4 is 15.4 Å². The third-order valence-corrected chi connectivity index (χ3v) is 19.9. The van der Waals surface area contributed by atoms with Crippen molar-refractivity contribution in [3.05, 3.63) is 39.9 Å². The van der Waals surface area contributed by atoms with E-state index in [0.29, 0.717) is 61.1 Å². The lowest BCUT2D eigenvalue weighted by atomic mass is 9.37. The Morgan fingerprint density at radius 1 is 0.955 bits per heavy atom. The molecule has 1 saturated heterocycles. The average Bonchev–Trinajstić information content (AvgIpc) is 3.79. The van der Waals surface area contributed by atoms with Crippen LogP contribution in [0.3, 0.4) is 0 Å². The number of halogens is 1. The molecule has 12 nitrogen and oxygen atoms in total. The molecule has 1 aliphatic heterocycles. The number of aliphatic hydroxyl groups is 1. The molecule has 6 unspecified atom stereocenters. The number of hydrogen-bond donors (Lipinski definition) is 4. The first-order chi connectivity index (χ1) is 31.3. The van der Waals surface area contributed by atoms with E-state index in [2.05, 4.69) is 57.1 Å².